The second-order valence-electron chi connectivity index (χ2n) is 4.25. The molecule has 1 amide bonds. The van der Waals surface area contributed by atoms with Gasteiger partial charge in [0.25, 0.3) is 0 Å². The molecule has 2 aromatic carbocycles. The number of halogens is 1. The SMILES string of the molecule is CC(=O)Nc1cccc(NCc2cccc(Br)c2)c1. The van der Waals surface area contributed by atoms with E-state index in [-0.39, 0.29) is 5.91 Å². The smallest absolute Gasteiger partial charge is 0.221 e. The zero-order chi connectivity index (χ0) is 13.7. The van der Waals surface area contributed by atoms with Gasteiger partial charge in [-0.3, -0.25) is 4.79 Å². The Morgan fingerprint density at radius 3 is 2.58 bits per heavy atom. The monoisotopic (exact) mass is 318 g/mol. The molecule has 0 aliphatic heterocycles. The summed E-state index contributed by atoms with van der Waals surface area (Å²) in [5.74, 6) is -0.0656. The van der Waals surface area contributed by atoms with E-state index in [0.29, 0.717) is 0 Å². The summed E-state index contributed by atoms with van der Waals surface area (Å²) in [6.07, 6.45) is 0. The number of rotatable bonds is 4. The van der Waals surface area contributed by atoms with Crippen LogP contribution in [-0.4, -0.2) is 5.91 Å². The van der Waals surface area contributed by atoms with Gasteiger partial charge >= 0.3 is 0 Å². The van der Waals surface area contributed by atoms with E-state index in [9.17, 15) is 4.79 Å². The van der Waals surface area contributed by atoms with E-state index >= 15 is 0 Å². The van der Waals surface area contributed by atoms with Crippen molar-refractivity contribution in [3.8, 4) is 0 Å². The van der Waals surface area contributed by atoms with Crippen LogP contribution in [0.15, 0.2) is 53.0 Å². The van der Waals surface area contributed by atoms with Crippen LogP contribution in [0.3, 0.4) is 0 Å². The van der Waals surface area contributed by atoms with Crippen LogP contribution < -0.4 is 10.6 Å². The van der Waals surface area contributed by atoms with E-state index in [1.54, 1.807) is 0 Å². The minimum absolute atomic E-state index is 0.0656. The van der Waals surface area contributed by atoms with Crippen molar-refractivity contribution in [3.05, 3.63) is 58.6 Å². The van der Waals surface area contributed by atoms with Gasteiger partial charge in [-0.1, -0.05) is 34.1 Å². The van der Waals surface area contributed by atoms with E-state index in [1.165, 1.54) is 12.5 Å². The quantitative estimate of drug-likeness (QED) is 0.894. The zero-order valence-corrected chi connectivity index (χ0v) is 12.2. The first-order valence-electron chi connectivity index (χ1n) is 5.99. The molecule has 0 saturated carbocycles. The summed E-state index contributed by atoms with van der Waals surface area (Å²) in [7, 11) is 0. The Hall–Kier alpha value is -1.81. The van der Waals surface area contributed by atoms with Crippen LogP contribution >= 0.6 is 15.9 Å². The molecule has 98 valence electrons. The van der Waals surface area contributed by atoms with Crippen molar-refractivity contribution < 1.29 is 4.79 Å². The molecule has 19 heavy (non-hydrogen) atoms. The summed E-state index contributed by atoms with van der Waals surface area (Å²) >= 11 is 3.45. The van der Waals surface area contributed by atoms with E-state index in [0.717, 1.165) is 22.4 Å². The number of hydrogen-bond acceptors (Lipinski definition) is 2. The van der Waals surface area contributed by atoms with Crippen LogP contribution in [0.25, 0.3) is 0 Å². The van der Waals surface area contributed by atoms with Crippen molar-refractivity contribution in [2.75, 3.05) is 10.6 Å². The van der Waals surface area contributed by atoms with Gasteiger partial charge in [0.15, 0.2) is 0 Å². The lowest BCUT2D eigenvalue weighted by Gasteiger charge is -2.09. The molecule has 0 bridgehead atoms. The minimum Gasteiger partial charge on any atom is -0.381 e. The molecule has 0 atom stereocenters. The predicted octanol–water partition coefficient (Wildman–Crippen LogP) is 4.02. The summed E-state index contributed by atoms with van der Waals surface area (Å²) < 4.78 is 1.07. The van der Waals surface area contributed by atoms with Gasteiger partial charge in [-0.2, -0.15) is 0 Å². The maximum Gasteiger partial charge on any atom is 0.221 e. The minimum atomic E-state index is -0.0656. The fourth-order valence-corrected chi connectivity index (χ4v) is 2.21. The molecule has 2 N–H and O–H groups in total. The zero-order valence-electron chi connectivity index (χ0n) is 10.6. The molecule has 0 aliphatic rings. The molecule has 0 saturated heterocycles. The van der Waals surface area contributed by atoms with Gasteiger partial charge < -0.3 is 10.6 Å². The largest absolute Gasteiger partial charge is 0.381 e. The fourth-order valence-electron chi connectivity index (χ4n) is 1.76. The van der Waals surface area contributed by atoms with Crippen molar-refractivity contribution in [1.29, 1.82) is 0 Å². The molecule has 3 nitrogen and oxygen atoms in total. The fraction of sp³-hybridized carbons (Fsp3) is 0.133. The Bertz CT molecular complexity index is 584. The molecule has 0 heterocycles. The average molecular weight is 319 g/mol. The van der Waals surface area contributed by atoms with Gasteiger partial charge in [-0.05, 0) is 35.9 Å². The molecule has 0 radical (unpaired) electrons. The van der Waals surface area contributed by atoms with E-state index in [4.69, 9.17) is 0 Å². The molecular weight excluding hydrogens is 304 g/mol. The third-order valence-corrected chi connectivity index (χ3v) is 3.06. The Kier molecular flexibility index (Phi) is 4.58. The number of carbonyl (C=O) groups is 1. The number of benzene rings is 2. The van der Waals surface area contributed by atoms with Crippen molar-refractivity contribution in [1.82, 2.24) is 0 Å². The second-order valence-corrected chi connectivity index (χ2v) is 5.16. The Morgan fingerprint density at radius 2 is 1.84 bits per heavy atom. The topological polar surface area (TPSA) is 41.1 Å². The molecule has 4 heteroatoms. The first-order chi connectivity index (χ1) is 9.13. The Morgan fingerprint density at radius 1 is 1.11 bits per heavy atom. The summed E-state index contributed by atoms with van der Waals surface area (Å²) in [6, 6.07) is 15.8. The lowest BCUT2D eigenvalue weighted by molar-refractivity contribution is -0.114. The Balaban J connectivity index is 2.01. The highest BCUT2D eigenvalue weighted by Gasteiger charge is 1.98. The summed E-state index contributed by atoms with van der Waals surface area (Å²) in [4.78, 5) is 11.0. The summed E-state index contributed by atoms with van der Waals surface area (Å²) in [5.41, 5.74) is 2.97. The molecule has 0 aliphatic carbocycles. The third-order valence-electron chi connectivity index (χ3n) is 2.57. The van der Waals surface area contributed by atoms with Crippen molar-refractivity contribution in [2.24, 2.45) is 0 Å². The van der Waals surface area contributed by atoms with Gasteiger partial charge in [0.2, 0.25) is 5.91 Å². The van der Waals surface area contributed by atoms with Crippen LogP contribution in [0.5, 0.6) is 0 Å². The van der Waals surface area contributed by atoms with Crippen LogP contribution in [0.2, 0.25) is 0 Å². The van der Waals surface area contributed by atoms with Gasteiger partial charge in [-0.15, -0.1) is 0 Å². The van der Waals surface area contributed by atoms with Crippen LogP contribution in [0, 0.1) is 0 Å². The van der Waals surface area contributed by atoms with Crippen molar-refractivity contribution in [3.63, 3.8) is 0 Å². The molecule has 2 aromatic rings. The number of anilines is 2. The second kappa shape index (κ2) is 6.38. The van der Waals surface area contributed by atoms with Crippen LogP contribution in [0.4, 0.5) is 11.4 Å². The molecule has 0 aromatic heterocycles. The molecule has 0 spiro atoms. The highest BCUT2D eigenvalue weighted by Crippen LogP contribution is 2.17. The number of hydrogen-bond donors (Lipinski definition) is 2. The Labute approximate surface area is 121 Å². The molecule has 0 fully saturated rings. The van der Waals surface area contributed by atoms with Gasteiger partial charge in [-0.25, -0.2) is 0 Å². The average Bonchev–Trinajstić information content (AvgIpc) is 2.36. The number of nitrogens with one attached hydrogen (secondary N) is 2. The normalized spacial score (nSPS) is 10.0. The van der Waals surface area contributed by atoms with Gasteiger partial charge in [0.1, 0.15) is 0 Å². The first kappa shape index (κ1) is 13.6. The molecule has 0 unspecified atom stereocenters. The highest BCUT2D eigenvalue weighted by atomic mass is 79.9. The summed E-state index contributed by atoms with van der Waals surface area (Å²) in [6.45, 7) is 2.24. The number of carbonyl (C=O) groups excluding carboxylic acids is 1. The lowest BCUT2D eigenvalue weighted by Crippen LogP contribution is -2.06. The van der Waals surface area contributed by atoms with Gasteiger partial charge in [0.05, 0.1) is 0 Å². The van der Waals surface area contributed by atoms with E-state index in [1.807, 2.05) is 36.4 Å². The van der Waals surface area contributed by atoms with E-state index < -0.39 is 0 Å². The van der Waals surface area contributed by atoms with Gasteiger partial charge in [0, 0.05) is 29.3 Å². The van der Waals surface area contributed by atoms with Crippen molar-refractivity contribution in [2.45, 2.75) is 13.5 Å². The standard InChI is InChI=1S/C15H15BrN2O/c1-11(19)18-15-7-3-6-14(9-15)17-10-12-4-2-5-13(16)8-12/h2-9,17H,10H2,1H3,(H,18,19). The first-order valence-corrected chi connectivity index (χ1v) is 6.79. The van der Waals surface area contributed by atoms with E-state index in [2.05, 4.69) is 38.7 Å². The third kappa shape index (κ3) is 4.41. The van der Waals surface area contributed by atoms with Crippen LogP contribution in [-0.2, 0) is 11.3 Å². The lowest BCUT2D eigenvalue weighted by atomic mass is 10.2. The number of amides is 1. The summed E-state index contributed by atoms with van der Waals surface area (Å²) in [5, 5.41) is 6.10. The maximum absolute atomic E-state index is 11.0. The maximum atomic E-state index is 11.0. The molecular formula is C15H15BrN2O. The molecule has 2 rings (SSSR count). The van der Waals surface area contributed by atoms with Crippen LogP contribution in [0.1, 0.15) is 12.5 Å². The van der Waals surface area contributed by atoms with Crippen molar-refractivity contribution >= 4 is 33.2 Å². The highest BCUT2D eigenvalue weighted by molar-refractivity contribution is 9.10. The predicted molar refractivity (Wildman–Crippen MR) is 82.2 cm³/mol.